The predicted octanol–water partition coefficient (Wildman–Crippen LogP) is 5.42. The first-order chi connectivity index (χ1) is 19.1. The molecular formula is C30H30FN7O. The van der Waals surface area contributed by atoms with Gasteiger partial charge in [-0.05, 0) is 55.7 Å². The second kappa shape index (κ2) is 10.7. The standard InChI is InChI=1S/C30H30FN7O/c1-3-5-21-16-26(33-18-21)34-27-17-28(38-12-10-37(11-13-38)23-6-4-9-32-19-23)36-30(35-27)39-25-8-7-22-14-20(2)15-24(22)29(25)31/h3-9,15-17,19H,10-14,18H2,1-2H3,(H,33,34,35,36)/b5-3+. The smallest absolute Gasteiger partial charge is 0.326 e. The molecule has 1 aliphatic carbocycles. The quantitative estimate of drug-likeness (QED) is 0.463. The van der Waals surface area contributed by atoms with Crippen LogP contribution in [0.5, 0.6) is 11.8 Å². The van der Waals surface area contributed by atoms with Gasteiger partial charge in [0.1, 0.15) is 17.5 Å². The second-order valence-electron chi connectivity index (χ2n) is 9.85. The molecule has 0 atom stereocenters. The minimum Gasteiger partial charge on any atom is -0.421 e. The van der Waals surface area contributed by atoms with Crippen molar-refractivity contribution in [2.75, 3.05) is 47.8 Å². The van der Waals surface area contributed by atoms with Crippen LogP contribution in [0.25, 0.3) is 6.08 Å². The maximum atomic E-state index is 15.3. The molecule has 3 aliphatic rings. The monoisotopic (exact) mass is 523 g/mol. The third kappa shape index (κ3) is 5.38. The predicted molar refractivity (Wildman–Crippen MR) is 153 cm³/mol. The number of hydrogen-bond acceptors (Lipinski definition) is 8. The number of fused-ring (bicyclic) bond motifs is 1. The van der Waals surface area contributed by atoms with Crippen LogP contribution in [-0.4, -0.2) is 53.5 Å². The van der Waals surface area contributed by atoms with Crippen molar-refractivity contribution < 1.29 is 9.13 Å². The number of halogens is 1. The van der Waals surface area contributed by atoms with Gasteiger partial charge in [0.15, 0.2) is 11.6 Å². The van der Waals surface area contributed by atoms with E-state index in [4.69, 9.17) is 9.72 Å². The van der Waals surface area contributed by atoms with Crippen LogP contribution in [0, 0.1) is 5.82 Å². The Balaban J connectivity index is 1.27. The van der Waals surface area contributed by atoms with Gasteiger partial charge in [0.25, 0.3) is 0 Å². The number of pyridine rings is 1. The zero-order valence-corrected chi connectivity index (χ0v) is 22.1. The summed E-state index contributed by atoms with van der Waals surface area (Å²) < 4.78 is 21.3. The molecule has 1 aromatic carbocycles. The van der Waals surface area contributed by atoms with Gasteiger partial charge in [-0.1, -0.05) is 29.9 Å². The first-order valence-electron chi connectivity index (χ1n) is 13.2. The molecule has 3 aromatic rings. The maximum Gasteiger partial charge on any atom is 0.326 e. The molecule has 2 aromatic heterocycles. The van der Waals surface area contributed by atoms with Crippen molar-refractivity contribution >= 4 is 29.2 Å². The molecule has 0 saturated carbocycles. The highest BCUT2D eigenvalue weighted by Gasteiger charge is 2.23. The summed E-state index contributed by atoms with van der Waals surface area (Å²) in [6.45, 7) is 7.75. The number of allylic oxidation sites excluding steroid dienone is 2. The molecule has 8 nitrogen and oxygen atoms in total. The van der Waals surface area contributed by atoms with Crippen molar-refractivity contribution in [2.24, 2.45) is 4.99 Å². The van der Waals surface area contributed by atoms with E-state index in [-0.39, 0.29) is 11.8 Å². The summed E-state index contributed by atoms with van der Waals surface area (Å²) in [4.78, 5) is 22.6. The highest BCUT2D eigenvalue weighted by atomic mass is 19.1. The molecular weight excluding hydrogens is 493 g/mol. The fourth-order valence-corrected chi connectivity index (χ4v) is 5.08. The molecule has 39 heavy (non-hydrogen) atoms. The van der Waals surface area contributed by atoms with Crippen LogP contribution in [-0.2, 0) is 6.42 Å². The van der Waals surface area contributed by atoms with E-state index in [1.165, 1.54) is 0 Å². The lowest BCUT2D eigenvalue weighted by molar-refractivity contribution is 0.410. The Morgan fingerprint density at radius 1 is 1.05 bits per heavy atom. The number of aromatic nitrogens is 3. The fourth-order valence-electron chi connectivity index (χ4n) is 5.08. The molecule has 0 bridgehead atoms. The number of amidine groups is 1. The van der Waals surface area contributed by atoms with E-state index in [1.807, 2.05) is 62.5 Å². The van der Waals surface area contributed by atoms with Gasteiger partial charge >= 0.3 is 6.01 Å². The molecule has 4 heterocycles. The molecule has 1 fully saturated rings. The van der Waals surface area contributed by atoms with Gasteiger partial charge in [0.2, 0.25) is 0 Å². The Morgan fingerprint density at radius 3 is 2.69 bits per heavy atom. The molecule has 0 spiro atoms. The molecule has 1 N–H and O–H groups in total. The molecule has 2 aliphatic heterocycles. The lowest BCUT2D eigenvalue weighted by Gasteiger charge is -2.36. The molecule has 9 heteroatoms. The topological polar surface area (TPSA) is 78.8 Å². The Labute approximate surface area is 227 Å². The van der Waals surface area contributed by atoms with Gasteiger partial charge < -0.3 is 19.9 Å². The number of anilines is 3. The Morgan fingerprint density at radius 2 is 1.90 bits per heavy atom. The zero-order valence-electron chi connectivity index (χ0n) is 22.1. The second-order valence-corrected chi connectivity index (χ2v) is 9.85. The minimum absolute atomic E-state index is 0.0819. The largest absolute Gasteiger partial charge is 0.421 e. The third-order valence-electron chi connectivity index (χ3n) is 6.99. The summed E-state index contributed by atoms with van der Waals surface area (Å²) in [6.07, 6.45) is 12.3. The average molecular weight is 524 g/mol. The average Bonchev–Trinajstić information content (AvgIpc) is 3.57. The highest BCUT2D eigenvalue weighted by Crippen LogP contribution is 2.34. The van der Waals surface area contributed by atoms with Crippen LogP contribution >= 0.6 is 0 Å². The summed E-state index contributed by atoms with van der Waals surface area (Å²) >= 11 is 0. The van der Waals surface area contributed by atoms with Crippen molar-refractivity contribution in [2.45, 2.75) is 20.3 Å². The van der Waals surface area contributed by atoms with Crippen LogP contribution < -0.4 is 19.9 Å². The summed E-state index contributed by atoms with van der Waals surface area (Å²) in [5, 5.41) is 3.29. The SMILES string of the molecule is C/C=C/C1=CC(Nc2cc(N3CCN(c4cccnc4)CC3)nc(Oc3ccc4c(c3F)C=C(C)C4)n2)=NC1. The number of rotatable bonds is 6. The van der Waals surface area contributed by atoms with Crippen LogP contribution in [0.15, 0.2) is 77.1 Å². The highest BCUT2D eigenvalue weighted by molar-refractivity contribution is 6.05. The van der Waals surface area contributed by atoms with Gasteiger partial charge in [0.05, 0.1) is 18.4 Å². The van der Waals surface area contributed by atoms with Gasteiger partial charge in [0, 0.05) is 44.0 Å². The Hall–Kier alpha value is -4.53. The first-order valence-corrected chi connectivity index (χ1v) is 13.2. The summed E-state index contributed by atoms with van der Waals surface area (Å²) in [7, 11) is 0. The van der Waals surface area contributed by atoms with Crippen molar-refractivity contribution in [3.8, 4) is 11.8 Å². The normalized spacial score (nSPS) is 16.7. The van der Waals surface area contributed by atoms with Gasteiger partial charge in [-0.15, -0.1) is 0 Å². The zero-order chi connectivity index (χ0) is 26.8. The Bertz CT molecular complexity index is 1510. The molecule has 0 radical (unpaired) electrons. The van der Waals surface area contributed by atoms with E-state index in [9.17, 15) is 0 Å². The number of nitrogens with zero attached hydrogens (tertiary/aromatic N) is 6. The minimum atomic E-state index is -0.392. The molecule has 6 rings (SSSR count). The molecule has 0 unspecified atom stereocenters. The van der Waals surface area contributed by atoms with E-state index >= 15 is 4.39 Å². The van der Waals surface area contributed by atoms with Gasteiger partial charge in [-0.3, -0.25) is 9.98 Å². The van der Waals surface area contributed by atoms with E-state index < -0.39 is 5.82 Å². The number of piperazine rings is 1. The number of aliphatic imine (C=N–C) groups is 1. The van der Waals surface area contributed by atoms with Crippen molar-refractivity contribution in [3.05, 3.63) is 89.0 Å². The summed E-state index contributed by atoms with van der Waals surface area (Å²) in [5.41, 5.74) is 4.88. The van der Waals surface area contributed by atoms with E-state index in [0.29, 0.717) is 29.6 Å². The lowest BCUT2D eigenvalue weighted by Crippen LogP contribution is -2.46. The van der Waals surface area contributed by atoms with E-state index in [1.54, 1.807) is 12.3 Å². The van der Waals surface area contributed by atoms with Gasteiger partial charge in [-0.2, -0.15) is 9.97 Å². The number of ether oxygens (including phenoxy) is 1. The number of hydrogen-bond donors (Lipinski definition) is 1. The van der Waals surface area contributed by atoms with Crippen molar-refractivity contribution in [3.63, 3.8) is 0 Å². The van der Waals surface area contributed by atoms with Crippen LogP contribution in [0.1, 0.15) is 25.0 Å². The first kappa shape index (κ1) is 24.8. The lowest BCUT2D eigenvalue weighted by atomic mass is 10.1. The fraction of sp³-hybridized carbons (Fsp3) is 0.267. The third-order valence-corrected chi connectivity index (χ3v) is 6.99. The Kier molecular flexibility index (Phi) is 6.79. The number of nitrogens with one attached hydrogen (secondary N) is 1. The summed E-state index contributed by atoms with van der Waals surface area (Å²) in [5.74, 6) is 1.68. The summed E-state index contributed by atoms with van der Waals surface area (Å²) in [6, 6.07) is 9.55. The van der Waals surface area contributed by atoms with Crippen molar-refractivity contribution in [1.29, 1.82) is 0 Å². The maximum absolute atomic E-state index is 15.3. The van der Waals surface area contributed by atoms with E-state index in [0.717, 1.165) is 55.0 Å². The van der Waals surface area contributed by atoms with Crippen molar-refractivity contribution in [1.82, 2.24) is 15.0 Å². The van der Waals surface area contributed by atoms with Crippen LogP contribution in [0.4, 0.5) is 21.7 Å². The van der Waals surface area contributed by atoms with Crippen LogP contribution in [0.2, 0.25) is 0 Å². The van der Waals surface area contributed by atoms with E-state index in [2.05, 4.69) is 36.1 Å². The molecule has 1 saturated heterocycles. The number of benzene rings is 1. The van der Waals surface area contributed by atoms with Crippen LogP contribution in [0.3, 0.4) is 0 Å². The molecule has 198 valence electrons. The molecule has 0 amide bonds. The van der Waals surface area contributed by atoms with Gasteiger partial charge in [-0.25, -0.2) is 4.39 Å².